The predicted molar refractivity (Wildman–Crippen MR) is 81.9 cm³/mol. The molecule has 22 heavy (non-hydrogen) atoms. The summed E-state index contributed by atoms with van der Waals surface area (Å²) >= 11 is 0. The number of hydrogen-bond donors (Lipinski definition) is 0. The second-order valence-electron chi connectivity index (χ2n) is 5.27. The van der Waals surface area contributed by atoms with Gasteiger partial charge in [0.1, 0.15) is 17.8 Å². The van der Waals surface area contributed by atoms with Crippen LogP contribution in [0.2, 0.25) is 0 Å². The lowest BCUT2D eigenvalue weighted by Crippen LogP contribution is -2.49. The van der Waals surface area contributed by atoms with Gasteiger partial charge in [0.15, 0.2) is 0 Å². The van der Waals surface area contributed by atoms with Crippen molar-refractivity contribution in [1.82, 2.24) is 14.4 Å². The number of aromatic nitrogens is 2. The monoisotopic (exact) mass is 322 g/mol. The average molecular weight is 322 g/mol. The van der Waals surface area contributed by atoms with E-state index in [1.807, 2.05) is 25.1 Å². The summed E-state index contributed by atoms with van der Waals surface area (Å²) in [7, 11) is -3.36. The lowest BCUT2D eigenvalue weighted by Gasteiger charge is -2.34. The van der Waals surface area contributed by atoms with E-state index in [2.05, 4.69) is 19.6 Å². The Balaban J connectivity index is 1.64. The van der Waals surface area contributed by atoms with Crippen LogP contribution in [0.15, 0.2) is 35.1 Å². The summed E-state index contributed by atoms with van der Waals surface area (Å²) in [5.41, 5.74) is 1.39. The fourth-order valence-corrected chi connectivity index (χ4v) is 3.92. The van der Waals surface area contributed by atoms with Gasteiger partial charge in [0, 0.05) is 37.9 Å². The number of sulfonamides is 1. The van der Waals surface area contributed by atoms with Gasteiger partial charge in [-0.05, 0) is 19.1 Å². The summed E-state index contributed by atoms with van der Waals surface area (Å²) in [6.07, 6.45) is 1.38. The quantitative estimate of drug-likeness (QED) is 0.836. The maximum atomic E-state index is 12.4. The molecule has 1 aliphatic rings. The summed E-state index contributed by atoms with van der Waals surface area (Å²) in [5.74, 6) is 0.778. The first kappa shape index (κ1) is 15.0. The van der Waals surface area contributed by atoms with Crippen molar-refractivity contribution in [2.24, 2.45) is 0 Å². The molecule has 0 N–H and O–H groups in total. The number of piperazine rings is 1. The molecule has 118 valence electrons. The zero-order valence-corrected chi connectivity index (χ0v) is 13.2. The van der Waals surface area contributed by atoms with E-state index in [1.165, 1.54) is 10.6 Å². The Bertz CT molecular complexity index is 722. The molecule has 0 spiro atoms. The Morgan fingerprint density at radius 2 is 1.95 bits per heavy atom. The maximum absolute atomic E-state index is 12.4. The molecule has 0 atom stereocenters. The normalized spacial score (nSPS) is 16.9. The molecule has 8 heteroatoms. The third kappa shape index (κ3) is 3.28. The number of nitrogens with zero attached hydrogens (tertiary/aromatic N) is 4. The van der Waals surface area contributed by atoms with Crippen molar-refractivity contribution in [2.75, 3.05) is 31.1 Å². The summed E-state index contributed by atoms with van der Waals surface area (Å²) in [5, 5.41) is 3.67. The van der Waals surface area contributed by atoms with Crippen LogP contribution in [0.3, 0.4) is 0 Å². The molecule has 3 rings (SSSR count). The smallest absolute Gasteiger partial charge is 0.220 e. The van der Waals surface area contributed by atoms with Gasteiger partial charge in [-0.15, -0.1) is 0 Å². The first-order valence-electron chi connectivity index (χ1n) is 7.10. The first-order chi connectivity index (χ1) is 10.5. The Labute approximate surface area is 129 Å². The van der Waals surface area contributed by atoms with E-state index in [0.717, 1.165) is 11.5 Å². The van der Waals surface area contributed by atoms with E-state index in [1.54, 1.807) is 6.07 Å². The van der Waals surface area contributed by atoms with Gasteiger partial charge < -0.3 is 9.42 Å². The molecule has 3 heterocycles. The second kappa shape index (κ2) is 6.05. The van der Waals surface area contributed by atoms with Crippen molar-refractivity contribution >= 4 is 15.8 Å². The molecular formula is C14H18N4O3S. The fourth-order valence-electron chi connectivity index (χ4n) is 2.49. The predicted octanol–water partition coefficient (Wildman–Crippen LogP) is 1.03. The third-order valence-corrected chi connectivity index (χ3v) is 5.46. The Morgan fingerprint density at radius 3 is 2.59 bits per heavy atom. The van der Waals surface area contributed by atoms with Crippen LogP contribution in [0.1, 0.15) is 11.4 Å². The topological polar surface area (TPSA) is 79.5 Å². The molecule has 2 aromatic rings. The molecule has 0 radical (unpaired) electrons. The molecule has 0 bridgehead atoms. The Hall–Kier alpha value is -1.93. The highest BCUT2D eigenvalue weighted by molar-refractivity contribution is 7.88. The fraction of sp³-hybridized carbons (Fsp3) is 0.429. The molecule has 1 aliphatic heterocycles. The zero-order chi connectivity index (χ0) is 15.6. The Morgan fingerprint density at radius 1 is 1.18 bits per heavy atom. The highest BCUT2D eigenvalue weighted by Gasteiger charge is 2.28. The largest absolute Gasteiger partial charge is 0.364 e. The molecule has 0 aromatic carbocycles. The van der Waals surface area contributed by atoms with Crippen LogP contribution in [0.25, 0.3) is 0 Å². The van der Waals surface area contributed by atoms with Gasteiger partial charge in [-0.3, -0.25) is 0 Å². The van der Waals surface area contributed by atoms with Gasteiger partial charge in [-0.1, -0.05) is 11.2 Å². The molecule has 0 amide bonds. The van der Waals surface area contributed by atoms with Crippen LogP contribution in [-0.4, -0.2) is 49.0 Å². The SMILES string of the molecule is Cc1cccc(N2CCN(S(=O)(=O)Cc3ccon3)CC2)n1. The minimum atomic E-state index is -3.36. The van der Waals surface area contributed by atoms with Gasteiger partial charge in [0.05, 0.1) is 5.69 Å². The highest BCUT2D eigenvalue weighted by Crippen LogP contribution is 2.17. The average Bonchev–Trinajstić information content (AvgIpc) is 2.99. The van der Waals surface area contributed by atoms with Gasteiger partial charge in [0.2, 0.25) is 10.0 Å². The van der Waals surface area contributed by atoms with Gasteiger partial charge in [-0.2, -0.15) is 4.31 Å². The van der Waals surface area contributed by atoms with E-state index in [4.69, 9.17) is 0 Å². The lowest BCUT2D eigenvalue weighted by atomic mass is 10.3. The number of rotatable bonds is 4. The second-order valence-corrected chi connectivity index (χ2v) is 7.24. The number of anilines is 1. The summed E-state index contributed by atoms with van der Waals surface area (Å²) in [6, 6.07) is 7.44. The van der Waals surface area contributed by atoms with Crippen LogP contribution in [0, 0.1) is 6.92 Å². The number of pyridine rings is 1. The number of aryl methyl sites for hydroxylation is 1. The minimum absolute atomic E-state index is 0.119. The standard InChI is InChI=1S/C14H18N4O3S/c1-12-3-2-4-14(15-12)17-6-8-18(9-7-17)22(19,20)11-13-5-10-21-16-13/h2-5,10H,6-9,11H2,1H3. The third-order valence-electron chi connectivity index (χ3n) is 3.65. The molecule has 0 aliphatic carbocycles. The van der Waals surface area contributed by atoms with Crippen LogP contribution < -0.4 is 4.90 Å². The van der Waals surface area contributed by atoms with Crippen molar-refractivity contribution in [3.8, 4) is 0 Å². The van der Waals surface area contributed by atoms with Crippen molar-refractivity contribution in [3.05, 3.63) is 41.9 Å². The minimum Gasteiger partial charge on any atom is -0.364 e. The first-order valence-corrected chi connectivity index (χ1v) is 8.71. The van der Waals surface area contributed by atoms with Crippen LogP contribution >= 0.6 is 0 Å². The van der Waals surface area contributed by atoms with E-state index < -0.39 is 10.0 Å². The van der Waals surface area contributed by atoms with E-state index in [9.17, 15) is 8.42 Å². The molecule has 1 fully saturated rings. The number of hydrogen-bond acceptors (Lipinski definition) is 6. The Kier molecular flexibility index (Phi) is 4.12. The van der Waals surface area contributed by atoms with E-state index in [-0.39, 0.29) is 5.75 Å². The van der Waals surface area contributed by atoms with Crippen molar-refractivity contribution in [1.29, 1.82) is 0 Å². The summed E-state index contributed by atoms with van der Waals surface area (Å²) in [4.78, 5) is 6.59. The van der Waals surface area contributed by atoms with Gasteiger partial charge >= 0.3 is 0 Å². The van der Waals surface area contributed by atoms with Crippen molar-refractivity contribution < 1.29 is 12.9 Å². The molecular weight excluding hydrogens is 304 g/mol. The summed E-state index contributed by atoms with van der Waals surface area (Å²) < 4.78 is 30.9. The molecule has 1 saturated heterocycles. The van der Waals surface area contributed by atoms with Crippen LogP contribution in [-0.2, 0) is 15.8 Å². The zero-order valence-electron chi connectivity index (χ0n) is 12.3. The van der Waals surface area contributed by atoms with E-state index in [0.29, 0.717) is 31.9 Å². The molecule has 2 aromatic heterocycles. The van der Waals surface area contributed by atoms with Gasteiger partial charge in [-0.25, -0.2) is 13.4 Å². The molecule has 0 saturated carbocycles. The van der Waals surface area contributed by atoms with Crippen molar-refractivity contribution in [2.45, 2.75) is 12.7 Å². The molecule has 0 unspecified atom stereocenters. The van der Waals surface area contributed by atoms with Crippen LogP contribution in [0.4, 0.5) is 5.82 Å². The molecule has 7 nitrogen and oxygen atoms in total. The van der Waals surface area contributed by atoms with Crippen LogP contribution in [0.5, 0.6) is 0 Å². The maximum Gasteiger partial charge on any atom is 0.220 e. The summed E-state index contributed by atoms with van der Waals surface area (Å²) in [6.45, 7) is 4.12. The van der Waals surface area contributed by atoms with Crippen molar-refractivity contribution in [3.63, 3.8) is 0 Å². The highest BCUT2D eigenvalue weighted by atomic mass is 32.2. The lowest BCUT2D eigenvalue weighted by molar-refractivity contribution is 0.380. The van der Waals surface area contributed by atoms with E-state index >= 15 is 0 Å². The van der Waals surface area contributed by atoms with Gasteiger partial charge in [0.25, 0.3) is 0 Å².